The van der Waals surface area contributed by atoms with Crippen LogP contribution in [0.15, 0.2) is 16.7 Å². The number of hydrogen-bond acceptors (Lipinski definition) is 3. The van der Waals surface area contributed by atoms with Crippen LogP contribution in [-0.4, -0.2) is 30.0 Å². The summed E-state index contributed by atoms with van der Waals surface area (Å²) < 4.78 is 0.829. The summed E-state index contributed by atoms with van der Waals surface area (Å²) >= 11 is 9.41. The second-order valence-corrected chi connectivity index (χ2v) is 4.94. The van der Waals surface area contributed by atoms with Gasteiger partial charge in [0.25, 0.3) is 0 Å². The van der Waals surface area contributed by atoms with E-state index >= 15 is 0 Å². The molecule has 1 aliphatic heterocycles. The number of aromatic nitrogens is 1. The Morgan fingerprint density at radius 1 is 1.69 bits per heavy atom. The zero-order valence-corrected chi connectivity index (χ0v) is 11.0. The summed E-state index contributed by atoms with van der Waals surface area (Å²) in [6.07, 6.45) is 1.68. The van der Waals surface area contributed by atoms with E-state index in [2.05, 4.69) is 26.2 Å². The quantitative estimate of drug-likeness (QED) is 0.861. The lowest BCUT2D eigenvalue weighted by molar-refractivity contribution is -0.122. The number of nitrogens with one attached hydrogen (secondary N) is 1. The molecule has 1 saturated heterocycles. The summed E-state index contributed by atoms with van der Waals surface area (Å²) in [5.41, 5.74) is 0. The number of piperazine rings is 1. The maximum absolute atomic E-state index is 11.5. The minimum absolute atomic E-state index is 0.00651. The van der Waals surface area contributed by atoms with E-state index in [1.165, 1.54) is 0 Å². The fraction of sp³-hybridized carbons (Fsp3) is 0.400. The Morgan fingerprint density at radius 3 is 3.12 bits per heavy atom. The first-order valence-electron chi connectivity index (χ1n) is 4.95. The maximum atomic E-state index is 11.5. The molecule has 4 nitrogen and oxygen atoms in total. The van der Waals surface area contributed by atoms with Crippen LogP contribution >= 0.6 is 27.5 Å². The number of pyridine rings is 1. The summed E-state index contributed by atoms with van der Waals surface area (Å²) in [7, 11) is 0. The Balaban J connectivity index is 2.32. The van der Waals surface area contributed by atoms with Gasteiger partial charge < -0.3 is 10.2 Å². The van der Waals surface area contributed by atoms with Gasteiger partial charge in [0.2, 0.25) is 5.91 Å². The Morgan fingerprint density at radius 2 is 2.44 bits per heavy atom. The zero-order chi connectivity index (χ0) is 11.7. The van der Waals surface area contributed by atoms with Gasteiger partial charge in [-0.25, -0.2) is 4.98 Å². The number of anilines is 1. The van der Waals surface area contributed by atoms with Crippen LogP contribution in [0.1, 0.15) is 6.92 Å². The van der Waals surface area contributed by atoms with Crippen LogP contribution in [0, 0.1) is 0 Å². The normalized spacial score (nSPS) is 20.8. The van der Waals surface area contributed by atoms with Crippen LogP contribution in [-0.2, 0) is 4.79 Å². The summed E-state index contributed by atoms with van der Waals surface area (Å²) in [5, 5.41) is 3.35. The second kappa shape index (κ2) is 4.59. The van der Waals surface area contributed by atoms with Crippen molar-refractivity contribution >= 4 is 39.3 Å². The molecular weight excluding hydrogens is 293 g/mol. The minimum Gasteiger partial charge on any atom is -0.353 e. The lowest BCUT2D eigenvalue weighted by atomic mass is 10.2. The Hall–Kier alpha value is -0.810. The molecule has 6 heteroatoms. The van der Waals surface area contributed by atoms with Gasteiger partial charge in [-0.15, -0.1) is 0 Å². The molecule has 1 aliphatic rings. The number of hydrogen-bond donors (Lipinski definition) is 1. The smallest absolute Gasteiger partial charge is 0.242 e. The lowest BCUT2D eigenvalue weighted by Gasteiger charge is -2.34. The van der Waals surface area contributed by atoms with E-state index in [-0.39, 0.29) is 11.9 Å². The van der Waals surface area contributed by atoms with Gasteiger partial charge in [0.1, 0.15) is 11.9 Å². The first-order valence-corrected chi connectivity index (χ1v) is 6.12. The van der Waals surface area contributed by atoms with Gasteiger partial charge in [0.15, 0.2) is 0 Å². The first kappa shape index (κ1) is 11.7. The minimum atomic E-state index is -0.236. The summed E-state index contributed by atoms with van der Waals surface area (Å²) in [5.74, 6) is 0.666. The van der Waals surface area contributed by atoms with Crippen LogP contribution < -0.4 is 10.2 Å². The van der Waals surface area contributed by atoms with Crippen molar-refractivity contribution in [2.24, 2.45) is 0 Å². The van der Waals surface area contributed by atoms with Crippen molar-refractivity contribution < 1.29 is 4.79 Å². The fourth-order valence-electron chi connectivity index (χ4n) is 1.69. The SMILES string of the molecule is CC1C(=O)NCCN1c1ncc(Br)cc1Cl. The summed E-state index contributed by atoms with van der Waals surface area (Å²) in [6.45, 7) is 3.19. The molecule has 0 aromatic carbocycles. The van der Waals surface area contributed by atoms with Crippen molar-refractivity contribution in [2.45, 2.75) is 13.0 Å². The largest absolute Gasteiger partial charge is 0.353 e. The standard InChI is InChI=1S/C10H11BrClN3O/c1-6-10(16)13-2-3-15(6)9-8(12)4-7(11)5-14-9/h4-6H,2-3H2,1H3,(H,13,16). The first-order chi connectivity index (χ1) is 7.59. The summed E-state index contributed by atoms with van der Waals surface area (Å²) in [6, 6.07) is 1.54. The highest BCUT2D eigenvalue weighted by Gasteiger charge is 2.27. The van der Waals surface area contributed by atoms with E-state index in [0.717, 1.165) is 11.0 Å². The van der Waals surface area contributed by atoms with Crippen LogP contribution in [0.5, 0.6) is 0 Å². The van der Waals surface area contributed by atoms with Crippen LogP contribution in [0.3, 0.4) is 0 Å². The molecule has 2 rings (SSSR count). The van der Waals surface area contributed by atoms with Gasteiger partial charge in [-0.1, -0.05) is 11.6 Å². The molecule has 1 aromatic rings. The molecule has 0 aliphatic carbocycles. The van der Waals surface area contributed by atoms with E-state index in [0.29, 0.717) is 17.4 Å². The molecule has 1 atom stereocenters. The predicted octanol–water partition coefficient (Wildman–Crippen LogP) is 1.82. The van der Waals surface area contributed by atoms with E-state index in [4.69, 9.17) is 11.6 Å². The van der Waals surface area contributed by atoms with Gasteiger partial charge in [0.05, 0.1) is 5.02 Å². The molecule has 0 saturated carbocycles. The molecule has 1 aromatic heterocycles. The van der Waals surface area contributed by atoms with Crippen LogP contribution in [0.2, 0.25) is 5.02 Å². The fourth-order valence-corrected chi connectivity index (χ4v) is 2.43. The molecule has 1 unspecified atom stereocenters. The molecule has 86 valence electrons. The van der Waals surface area contributed by atoms with Crippen LogP contribution in [0.25, 0.3) is 0 Å². The van der Waals surface area contributed by atoms with Crippen molar-refractivity contribution in [2.75, 3.05) is 18.0 Å². The molecule has 0 spiro atoms. The average Bonchev–Trinajstić information content (AvgIpc) is 2.23. The number of halogens is 2. The lowest BCUT2D eigenvalue weighted by Crippen LogP contribution is -2.54. The van der Waals surface area contributed by atoms with Gasteiger partial charge >= 0.3 is 0 Å². The third-order valence-electron chi connectivity index (χ3n) is 2.56. The van der Waals surface area contributed by atoms with E-state index in [1.54, 1.807) is 12.3 Å². The molecule has 2 heterocycles. The van der Waals surface area contributed by atoms with E-state index in [1.807, 2.05) is 11.8 Å². The van der Waals surface area contributed by atoms with Crippen molar-refractivity contribution in [3.63, 3.8) is 0 Å². The summed E-state index contributed by atoms with van der Waals surface area (Å²) in [4.78, 5) is 17.7. The van der Waals surface area contributed by atoms with Crippen molar-refractivity contribution in [1.29, 1.82) is 0 Å². The number of amides is 1. The Labute approximate surface area is 107 Å². The van der Waals surface area contributed by atoms with Crippen molar-refractivity contribution in [1.82, 2.24) is 10.3 Å². The van der Waals surface area contributed by atoms with Crippen molar-refractivity contribution in [3.8, 4) is 0 Å². The Kier molecular flexibility index (Phi) is 3.35. The molecule has 0 radical (unpaired) electrons. The molecular formula is C10H11BrClN3O. The third kappa shape index (κ3) is 2.15. The van der Waals surface area contributed by atoms with Gasteiger partial charge in [-0.2, -0.15) is 0 Å². The molecule has 1 fully saturated rings. The highest BCUT2D eigenvalue weighted by Crippen LogP contribution is 2.28. The third-order valence-corrected chi connectivity index (χ3v) is 3.27. The van der Waals surface area contributed by atoms with Gasteiger partial charge in [0, 0.05) is 23.8 Å². The Bertz CT molecular complexity index is 427. The van der Waals surface area contributed by atoms with Gasteiger partial charge in [-0.05, 0) is 28.9 Å². The highest BCUT2D eigenvalue weighted by atomic mass is 79.9. The molecule has 0 bridgehead atoms. The van der Waals surface area contributed by atoms with Crippen molar-refractivity contribution in [3.05, 3.63) is 21.8 Å². The number of nitrogens with zero attached hydrogens (tertiary/aromatic N) is 2. The predicted molar refractivity (Wildman–Crippen MR) is 66.8 cm³/mol. The monoisotopic (exact) mass is 303 g/mol. The topological polar surface area (TPSA) is 45.2 Å². The number of carbonyl (C=O) groups excluding carboxylic acids is 1. The average molecular weight is 305 g/mol. The van der Waals surface area contributed by atoms with E-state index < -0.39 is 0 Å². The molecule has 1 amide bonds. The maximum Gasteiger partial charge on any atom is 0.242 e. The zero-order valence-electron chi connectivity index (χ0n) is 8.70. The second-order valence-electron chi connectivity index (χ2n) is 3.62. The number of rotatable bonds is 1. The van der Waals surface area contributed by atoms with Gasteiger partial charge in [-0.3, -0.25) is 4.79 Å². The molecule has 16 heavy (non-hydrogen) atoms. The molecule has 1 N–H and O–H groups in total. The highest BCUT2D eigenvalue weighted by molar-refractivity contribution is 9.10. The number of carbonyl (C=O) groups is 1. The van der Waals surface area contributed by atoms with Crippen LogP contribution in [0.4, 0.5) is 5.82 Å². The van der Waals surface area contributed by atoms with E-state index in [9.17, 15) is 4.79 Å².